The molecule has 3 heterocycles. The molecular formula is C25H25N7O2. The molecule has 2 aromatic carbocycles. The summed E-state index contributed by atoms with van der Waals surface area (Å²) in [6, 6.07) is 13.7. The van der Waals surface area contributed by atoms with Gasteiger partial charge in [-0.2, -0.15) is 0 Å². The number of rotatable bonds is 6. The predicted molar refractivity (Wildman–Crippen MR) is 130 cm³/mol. The molecule has 172 valence electrons. The largest absolute Gasteiger partial charge is 0.496 e. The van der Waals surface area contributed by atoms with E-state index in [1.807, 2.05) is 30.6 Å². The Morgan fingerprint density at radius 3 is 2.32 bits per heavy atom. The molecule has 4 aromatic rings. The summed E-state index contributed by atoms with van der Waals surface area (Å²) in [5.74, 6) is 1.35. The van der Waals surface area contributed by atoms with Crippen molar-refractivity contribution in [3.63, 3.8) is 0 Å². The third-order valence-corrected chi connectivity index (χ3v) is 6.01. The number of anilines is 2. The Morgan fingerprint density at radius 2 is 1.65 bits per heavy atom. The van der Waals surface area contributed by atoms with Gasteiger partial charge in [-0.15, -0.1) is 0 Å². The smallest absolute Gasteiger partial charge is 0.252 e. The van der Waals surface area contributed by atoms with Gasteiger partial charge < -0.3 is 20.3 Å². The molecule has 9 heteroatoms. The molecule has 0 unspecified atom stereocenters. The van der Waals surface area contributed by atoms with Crippen molar-refractivity contribution < 1.29 is 9.53 Å². The van der Waals surface area contributed by atoms with E-state index >= 15 is 0 Å². The lowest BCUT2D eigenvalue weighted by molar-refractivity contribution is 0.0997. The molecule has 1 amide bonds. The zero-order valence-corrected chi connectivity index (χ0v) is 18.9. The van der Waals surface area contributed by atoms with E-state index in [4.69, 9.17) is 10.5 Å². The van der Waals surface area contributed by atoms with Gasteiger partial charge >= 0.3 is 0 Å². The van der Waals surface area contributed by atoms with Crippen LogP contribution in [0, 0.1) is 0 Å². The van der Waals surface area contributed by atoms with Crippen molar-refractivity contribution in [1.29, 1.82) is 0 Å². The predicted octanol–water partition coefficient (Wildman–Crippen LogP) is 2.44. The molecule has 1 fully saturated rings. The highest BCUT2D eigenvalue weighted by Crippen LogP contribution is 2.30. The fraction of sp³-hybridized carbons (Fsp3) is 0.240. The molecule has 2 N–H and O–H groups in total. The third kappa shape index (κ3) is 4.32. The van der Waals surface area contributed by atoms with Crippen LogP contribution >= 0.6 is 0 Å². The Balaban J connectivity index is 1.30. The fourth-order valence-corrected chi connectivity index (χ4v) is 4.24. The molecule has 9 nitrogen and oxygen atoms in total. The molecule has 0 bridgehead atoms. The van der Waals surface area contributed by atoms with Crippen LogP contribution in [-0.2, 0) is 6.42 Å². The zero-order valence-electron chi connectivity index (χ0n) is 18.9. The lowest BCUT2D eigenvalue weighted by atomic mass is 10.1. The standard InChI is InChI=1S/C25H25N7O2/c1-34-22-13-21-19(12-20(22)23(26)33)24(30-16-29-21)31-7-9-32(10-8-31)25-27-14-18(15-28-25)11-17-5-3-2-4-6-17/h2-6,12-16H,7-11H2,1H3,(H2,26,33). The van der Waals surface area contributed by atoms with Gasteiger partial charge in [-0.05, 0) is 17.2 Å². The third-order valence-electron chi connectivity index (χ3n) is 6.01. The molecule has 34 heavy (non-hydrogen) atoms. The van der Waals surface area contributed by atoms with Crippen molar-refractivity contribution in [1.82, 2.24) is 19.9 Å². The maximum atomic E-state index is 11.9. The van der Waals surface area contributed by atoms with Crippen LogP contribution in [-0.4, -0.2) is 59.1 Å². The first-order valence-electron chi connectivity index (χ1n) is 11.1. The summed E-state index contributed by atoms with van der Waals surface area (Å²) in [7, 11) is 1.51. The summed E-state index contributed by atoms with van der Waals surface area (Å²) >= 11 is 0. The second kappa shape index (κ2) is 9.30. The van der Waals surface area contributed by atoms with Crippen LogP contribution < -0.4 is 20.3 Å². The average Bonchev–Trinajstić information content (AvgIpc) is 2.88. The minimum Gasteiger partial charge on any atom is -0.496 e. The molecule has 1 aliphatic heterocycles. The van der Waals surface area contributed by atoms with E-state index in [0.29, 0.717) is 16.8 Å². The highest BCUT2D eigenvalue weighted by Gasteiger charge is 2.23. The van der Waals surface area contributed by atoms with E-state index in [1.165, 1.54) is 19.0 Å². The molecule has 1 aliphatic rings. The van der Waals surface area contributed by atoms with Gasteiger partial charge in [-0.3, -0.25) is 4.79 Å². The van der Waals surface area contributed by atoms with Gasteiger partial charge in [0.15, 0.2) is 0 Å². The quantitative estimate of drug-likeness (QED) is 0.472. The average molecular weight is 456 g/mol. The number of piperazine rings is 1. The molecule has 5 rings (SSSR count). The molecular weight excluding hydrogens is 430 g/mol. The van der Waals surface area contributed by atoms with Gasteiger partial charge in [0.05, 0.1) is 18.2 Å². The summed E-state index contributed by atoms with van der Waals surface area (Å²) in [5, 5.41) is 0.770. The Kier molecular flexibility index (Phi) is 5.90. The normalized spacial score (nSPS) is 13.8. The summed E-state index contributed by atoms with van der Waals surface area (Å²) in [5.41, 5.74) is 8.89. The van der Waals surface area contributed by atoms with Crippen LogP contribution in [0.5, 0.6) is 5.75 Å². The minimum absolute atomic E-state index is 0.314. The maximum Gasteiger partial charge on any atom is 0.252 e. The van der Waals surface area contributed by atoms with Crippen LogP contribution in [0.4, 0.5) is 11.8 Å². The van der Waals surface area contributed by atoms with Crippen LogP contribution in [0.1, 0.15) is 21.5 Å². The summed E-state index contributed by atoms with van der Waals surface area (Å²) in [4.78, 5) is 34.3. The number of fused-ring (bicyclic) bond motifs is 1. The Bertz CT molecular complexity index is 1300. The molecule has 0 saturated carbocycles. The molecule has 0 aliphatic carbocycles. The van der Waals surface area contributed by atoms with Crippen molar-refractivity contribution >= 4 is 28.6 Å². The van der Waals surface area contributed by atoms with Crippen LogP contribution in [0.25, 0.3) is 10.9 Å². The second-order valence-corrected chi connectivity index (χ2v) is 8.16. The Morgan fingerprint density at radius 1 is 0.941 bits per heavy atom. The maximum absolute atomic E-state index is 11.9. The summed E-state index contributed by atoms with van der Waals surface area (Å²) in [6.07, 6.45) is 6.15. The molecule has 0 spiro atoms. The minimum atomic E-state index is -0.550. The number of primary amides is 1. The Hall–Kier alpha value is -4.27. The van der Waals surface area contributed by atoms with Crippen molar-refractivity contribution in [3.05, 3.63) is 77.9 Å². The lowest BCUT2D eigenvalue weighted by Crippen LogP contribution is -2.47. The van der Waals surface area contributed by atoms with E-state index in [0.717, 1.165) is 55.3 Å². The zero-order chi connectivity index (χ0) is 23.5. The molecule has 1 saturated heterocycles. The summed E-state index contributed by atoms with van der Waals surface area (Å²) < 4.78 is 5.31. The van der Waals surface area contributed by atoms with Gasteiger partial charge in [-0.25, -0.2) is 19.9 Å². The van der Waals surface area contributed by atoms with Crippen LogP contribution in [0.2, 0.25) is 0 Å². The number of benzene rings is 2. The monoisotopic (exact) mass is 455 g/mol. The van der Waals surface area contributed by atoms with Crippen molar-refractivity contribution in [2.45, 2.75) is 6.42 Å². The first-order valence-corrected chi connectivity index (χ1v) is 11.1. The van der Waals surface area contributed by atoms with Gasteiger partial charge in [0.1, 0.15) is 17.9 Å². The first-order chi connectivity index (χ1) is 16.6. The SMILES string of the molecule is COc1cc2ncnc(N3CCN(c4ncc(Cc5ccccc5)cn4)CC3)c2cc1C(N)=O. The number of carbonyl (C=O) groups excluding carboxylic acids is 1. The van der Waals surface area contributed by atoms with Gasteiger partial charge in [-0.1, -0.05) is 30.3 Å². The fourth-order valence-electron chi connectivity index (χ4n) is 4.24. The van der Waals surface area contributed by atoms with Gasteiger partial charge in [0.2, 0.25) is 5.95 Å². The lowest BCUT2D eigenvalue weighted by Gasteiger charge is -2.35. The number of nitrogens with zero attached hydrogens (tertiary/aromatic N) is 6. The van der Waals surface area contributed by atoms with E-state index < -0.39 is 5.91 Å². The molecule has 2 aromatic heterocycles. The van der Waals surface area contributed by atoms with Crippen molar-refractivity contribution in [2.24, 2.45) is 5.73 Å². The molecule has 0 radical (unpaired) electrons. The van der Waals surface area contributed by atoms with E-state index in [-0.39, 0.29) is 0 Å². The van der Waals surface area contributed by atoms with E-state index in [1.54, 1.807) is 12.1 Å². The number of ether oxygens (including phenoxy) is 1. The van der Waals surface area contributed by atoms with Gasteiger partial charge in [0.25, 0.3) is 5.91 Å². The topological polar surface area (TPSA) is 110 Å². The van der Waals surface area contributed by atoms with Crippen LogP contribution in [0.3, 0.4) is 0 Å². The number of methoxy groups -OCH3 is 1. The van der Waals surface area contributed by atoms with Gasteiger partial charge in [0, 0.05) is 56.4 Å². The van der Waals surface area contributed by atoms with Crippen molar-refractivity contribution in [3.8, 4) is 5.75 Å². The number of hydrogen-bond acceptors (Lipinski definition) is 8. The number of hydrogen-bond donors (Lipinski definition) is 1. The first kappa shape index (κ1) is 21.6. The second-order valence-electron chi connectivity index (χ2n) is 8.16. The highest BCUT2D eigenvalue weighted by molar-refractivity contribution is 6.02. The number of nitrogens with two attached hydrogens (primary N) is 1. The molecule has 0 atom stereocenters. The summed E-state index contributed by atoms with van der Waals surface area (Å²) in [6.45, 7) is 2.98. The number of carbonyl (C=O) groups is 1. The number of aromatic nitrogens is 4. The van der Waals surface area contributed by atoms with Crippen molar-refractivity contribution in [2.75, 3.05) is 43.1 Å². The Labute approximate surface area is 197 Å². The number of amides is 1. The van der Waals surface area contributed by atoms with Crippen LogP contribution in [0.15, 0.2) is 61.2 Å². The van der Waals surface area contributed by atoms with E-state index in [9.17, 15) is 4.79 Å². The highest BCUT2D eigenvalue weighted by atomic mass is 16.5. The van der Waals surface area contributed by atoms with E-state index in [2.05, 4.69) is 41.9 Å².